The molecule has 0 unspecified atom stereocenters. The van der Waals surface area contributed by atoms with Crippen molar-refractivity contribution >= 4 is 12.2 Å². The van der Waals surface area contributed by atoms with Crippen LogP contribution in [0.25, 0.3) is 23.5 Å². The number of aryl methyl sites for hydroxylation is 3. The number of aromatic nitrogens is 1. The van der Waals surface area contributed by atoms with E-state index >= 15 is 0 Å². The number of benzene rings is 2. The van der Waals surface area contributed by atoms with Crippen molar-refractivity contribution in [1.29, 1.82) is 0 Å². The zero-order chi connectivity index (χ0) is 15.5. The SMILES string of the molecule is Cc1ccc(/C=C/c2cc(-c3ccc(C)cc3)o[n+]2C)cc1. The first kappa shape index (κ1) is 14.3. The molecule has 0 N–H and O–H groups in total. The molecule has 2 heteroatoms. The van der Waals surface area contributed by atoms with E-state index in [4.69, 9.17) is 4.52 Å². The Balaban J connectivity index is 1.86. The van der Waals surface area contributed by atoms with Crippen LogP contribution < -0.4 is 4.74 Å². The first-order valence-electron chi connectivity index (χ1n) is 7.44. The second kappa shape index (κ2) is 6.02. The van der Waals surface area contributed by atoms with Crippen LogP contribution in [0.2, 0.25) is 0 Å². The van der Waals surface area contributed by atoms with Crippen LogP contribution in [0.3, 0.4) is 0 Å². The van der Waals surface area contributed by atoms with E-state index in [1.54, 1.807) is 4.74 Å². The first-order chi connectivity index (χ1) is 10.6. The van der Waals surface area contributed by atoms with Crippen molar-refractivity contribution in [3.05, 3.63) is 77.0 Å². The van der Waals surface area contributed by atoms with Gasteiger partial charge in [-0.1, -0.05) is 59.7 Å². The van der Waals surface area contributed by atoms with Gasteiger partial charge in [-0.25, -0.2) is 4.52 Å². The smallest absolute Gasteiger partial charge is 0.236 e. The quantitative estimate of drug-likeness (QED) is 0.646. The van der Waals surface area contributed by atoms with Crippen molar-refractivity contribution in [3.63, 3.8) is 0 Å². The van der Waals surface area contributed by atoms with Gasteiger partial charge in [0.15, 0.2) is 7.05 Å². The van der Waals surface area contributed by atoms with Crippen LogP contribution in [0.15, 0.2) is 59.1 Å². The van der Waals surface area contributed by atoms with E-state index in [1.165, 1.54) is 16.7 Å². The second-order valence-electron chi connectivity index (χ2n) is 5.63. The second-order valence-corrected chi connectivity index (χ2v) is 5.63. The third-order valence-electron chi connectivity index (χ3n) is 3.74. The Labute approximate surface area is 131 Å². The highest BCUT2D eigenvalue weighted by atomic mass is 16.5. The maximum absolute atomic E-state index is 5.81. The van der Waals surface area contributed by atoms with E-state index in [-0.39, 0.29) is 0 Å². The number of hydrogen-bond donors (Lipinski definition) is 0. The summed E-state index contributed by atoms with van der Waals surface area (Å²) in [7, 11) is 1.92. The minimum Gasteiger partial charge on any atom is -0.236 e. The Hall–Kier alpha value is -2.61. The predicted molar refractivity (Wildman–Crippen MR) is 90.2 cm³/mol. The summed E-state index contributed by atoms with van der Waals surface area (Å²) in [6.45, 7) is 4.18. The molecule has 2 aromatic carbocycles. The Morgan fingerprint density at radius 1 is 0.818 bits per heavy atom. The summed E-state index contributed by atoms with van der Waals surface area (Å²) in [6, 6.07) is 18.9. The molecule has 2 nitrogen and oxygen atoms in total. The van der Waals surface area contributed by atoms with Crippen molar-refractivity contribution in [1.82, 2.24) is 0 Å². The van der Waals surface area contributed by atoms with Gasteiger partial charge in [0.05, 0.1) is 6.07 Å². The Morgan fingerprint density at radius 3 is 2.05 bits per heavy atom. The highest BCUT2D eigenvalue weighted by molar-refractivity contribution is 5.69. The normalized spacial score (nSPS) is 11.2. The maximum Gasteiger partial charge on any atom is 0.255 e. The lowest BCUT2D eigenvalue weighted by atomic mass is 10.1. The fraction of sp³-hybridized carbons (Fsp3) is 0.150. The molecule has 0 saturated carbocycles. The van der Waals surface area contributed by atoms with Crippen LogP contribution in [-0.4, -0.2) is 0 Å². The van der Waals surface area contributed by atoms with E-state index in [9.17, 15) is 0 Å². The van der Waals surface area contributed by atoms with Gasteiger partial charge >= 0.3 is 0 Å². The summed E-state index contributed by atoms with van der Waals surface area (Å²) in [5, 5.41) is 0. The van der Waals surface area contributed by atoms with E-state index in [1.807, 2.05) is 7.05 Å². The molecule has 0 aliphatic rings. The van der Waals surface area contributed by atoms with Gasteiger partial charge in [0.2, 0.25) is 5.76 Å². The summed E-state index contributed by atoms with van der Waals surface area (Å²) in [6.07, 6.45) is 4.18. The third-order valence-corrected chi connectivity index (χ3v) is 3.74. The minimum atomic E-state index is 0.881. The zero-order valence-corrected chi connectivity index (χ0v) is 13.2. The molecule has 0 aliphatic heterocycles. The van der Waals surface area contributed by atoms with Gasteiger partial charge in [-0.05, 0) is 30.2 Å². The molecule has 22 heavy (non-hydrogen) atoms. The molecule has 0 spiro atoms. The van der Waals surface area contributed by atoms with Crippen molar-refractivity contribution in [2.45, 2.75) is 13.8 Å². The van der Waals surface area contributed by atoms with Crippen LogP contribution in [0, 0.1) is 13.8 Å². The average Bonchev–Trinajstić information content (AvgIpc) is 2.88. The van der Waals surface area contributed by atoms with Gasteiger partial charge in [0, 0.05) is 11.6 Å². The lowest BCUT2D eigenvalue weighted by Gasteiger charge is -1.93. The summed E-state index contributed by atoms with van der Waals surface area (Å²) in [5.74, 6) is 0.881. The van der Waals surface area contributed by atoms with Crippen LogP contribution >= 0.6 is 0 Å². The maximum atomic E-state index is 5.81. The molecule has 0 bridgehead atoms. The van der Waals surface area contributed by atoms with E-state index in [2.05, 4.69) is 80.6 Å². The molecule has 3 aromatic rings. The molecule has 1 aromatic heterocycles. The summed E-state index contributed by atoms with van der Waals surface area (Å²) >= 11 is 0. The molecule has 3 rings (SSSR count). The highest BCUT2D eigenvalue weighted by Crippen LogP contribution is 2.20. The zero-order valence-electron chi connectivity index (χ0n) is 13.2. The topological polar surface area (TPSA) is 17.0 Å². The fourth-order valence-electron chi connectivity index (χ4n) is 2.32. The van der Waals surface area contributed by atoms with Crippen molar-refractivity contribution in [2.75, 3.05) is 0 Å². The summed E-state index contributed by atoms with van der Waals surface area (Å²) in [4.78, 5) is 0. The third kappa shape index (κ3) is 3.17. The van der Waals surface area contributed by atoms with Gasteiger partial charge in [-0.3, -0.25) is 0 Å². The minimum absolute atomic E-state index is 0.881. The van der Waals surface area contributed by atoms with Crippen molar-refractivity contribution in [3.8, 4) is 11.3 Å². The average molecular weight is 290 g/mol. The predicted octanol–water partition coefficient (Wildman–Crippen LogP) is 4.56. The molecule has 0 radical (unpaired) electrons. The lowest BCUT2D eigenvalue weighted by Crippen LogP contribution is -2.27. The molecule has 0 fully saturated rings. The number of rotatable bonds is 3. The van der Waals surface area contributed by atoms with Crippen LogP contribution in [0.5, 0.6) is 0 Å². The summed E-state index contributed by atoms with van der Waals surface area (Å²) < 4.78 is 7.61. The van der Waals surface area contributed by atoms with Crippen LogP contribution in [-0.2, 0) is 7.05 Å². The Morgan fingerprint density at radius 2 is 1.41 bits per heavy atom. The van der Waals surface area contributed by atoms with E-state index in [0.717, 1.165) is 17.0 Å². The Bertz CT molecular complexity index is 793. The van der Waals surface area contributed by atoms with E-state index in [0.29, 0.717) is 0 Å². The number of nitrogens with zero attached hydrogens (tertiary/aromatic N) is 1. The van der Waals surface area contributed by atoms with Crippen molar-refractivity contribution < 1.29 is 9.26 Å². The molecule has 0 amide bonds. The first-order valence-corrected chi connectivity index (χ1v) is 7.44. The van der Waals surface area contributed by atoms with Gasteiger partial charge < -0.3 is 0 Å². The molecule has 110 valence electrons. The number of hydrogen-bond acceptors (Lipinski definition) is 1. The van der Waals surface area contributed by atoms with Gasteiger partial charge in [-0.2, -0.15) is 0 Å². The molecule has 0 saturated heterocycles. The molecular weight excluding hydrogens is 270 g/mol. The van der Waals surface area contributed by atoms with Crippen LogP contribution in [0.4, 0.5) is 0 Å². The molecule has 0 aliphatic carbocycles. The molecule has 1 heterocycles. The fourth-order valence-corrected chi connectivity index (χ4v) is 2.32. The van der Waals surface area contributed by atoms with Gasteiger partial charge in [0.25, 0.3) is 5.69 Å². The Kier molecular flexibility index (Phi) is 3.92. The summed E-state index contributed by atoms with van der Waals surface area (Å²) in [5.41, 5.74) is 5.84. The van der Waals surface area contributed by atoms with Gasteiger partial charge in [0.1, 0.15) is 0 Å². The van der Waals surface area contributed by atoms with Crippen LogP contribution in [0.1, 0.15) is 22.4 Å². The monoisotopic (exact) mass is 290 g/mol. The van der Waals surface area contributed by atoms with Crippen molar-refractivity contribution in [2.24, 2.45) is 7.05 Å². The molecule has 0 atom stereocenters. The largest absolute Gasteiger partial charge is 0.255 e. The van der Waals surface area contributed by atoms with E-state index < -0.39 is 0 Å². The highest BCUT2D eigenvalue weighted by Gasteiger charge is 2.14. The standard InChI is InChI=1S/C20H20NO/c1-15-4-8-17(9-5-15)10-13-19-14-20(22-21(19)3)18-11-6-16(2)7-12-18/h4-14H,1-3H3/q+1/b13-10+. The molecular formula is C20H20NO+. The lowest BCUT2D eigenvalue weighted by molar-refractivity contribution is -0.844. The van der Waals surface area contributed by atoms with Gasteiger partial charge in [-0.15, -0.1) is 0 Å².